The maximum absolute atomic E-state index is 10.2. The van der Waals surface area contributed by atoms with Crippen LogP contribution >= 0.6 is 0 Å². The van der Waals surface area contributed by atoms with Gasteiger partial charge in [-0.05, 0) is 80.3 Å². The lowest BCUT2D eigenvalue weighted by molar-refractivity contribution is 0.0420. The molecule has 1 N–H and O–H groups in total. The molecule has 6 heteroatoms. The molecule has 4 aromatic rings. The van der Waals surface area contributed by atoms with Gasteiger partial charge in [-0.25, -0.2) is 0 Å². The zero-order valence-electron chi connectivity index (χ0n) is 20.7. The number of pyridine rings is 1. The molecule has 184 valence electrons. The van der Waals surface area contributed by atoms with E-state index in [0.29, 0.717) is 18.3 Å². The lowest BCUT2D eigenvalue weighted by atomic mass is 9.64. The number of rotatable bonds is 7. The summed E-state index contributed by atoms with van der Waals surface area (Å²) in [6, 6.07) is 23.1. The summed E-state index contributed by atoms with van der Waals surface area (Å²) >= 11 is 0. The molecule has 3 atom stereocenters. The van der Waals surface area contributed by atoms with Crippen molar-refractivity contribution in [2.75, 3.05) is 0 Å². The molecule has 2 aliphatic carbocycles. The van der Waals surface area contributed by atoms with Crippen molar-refractivity contribution in [1.82, 2.24) is 15.1 Å². The van der Waals surface area contributed by atoms with E-state index >= 15 is 0 Å². The Morgan fingerprint density at radius 3 is 2.33 bits per heavy atom. The van der Waals surface area contributed by atoms with Crippen molar-refractivity contribution >= 4 is 0 Å². The van der Waals surface area contributed by atoms with E-state index in [-0.39, 0.29) is 11.3 Å². The van der Waals surface area contributed by atoms with E-state index in [1.165, 1.54) is 36.8 Å². The van der Waals surface area contributed by atoms with Crippen LogP contribution in [0.5, 0.6) is 5.75 Å². The maximum atomic E-state index is 10.2. The molecule has 0 unspecified atom stereocenters. The van der Waals surface area contributed by atoms with Crippen molar-refractivity contribution in [2.45, 2.75) is 57.2 Å². The van der Waals surface area contributed by atoms with Gasteiger partial charge in [0.2, 0.25) is 5.82 Å². The molecule has 0 saturated heterocycles. The van der Waals surface area contributed by atoms with Crippen LogP contribution in [0.1, 0.15) is 62.2 Å². The van der Waals surface area contributed by atoms with Gasteiger partial charge in [0.15, 0.2) is 0 Å². The van der Waals surface area contributed by atoms with Crippen molar-refractivity contribution in [3.63, 3.8) is 0 Å². The Bertz CT molecular complexity index is 1330. The molecule has 36 heavy (non-hydrogen) atoms. The number of hydrogen-bond donors (Lipinski definition) is 1. The monoisotopic (exact) mass is 481 g/mol. The lowest BCUT2D eigenvalue weighted by Gasteiger charge is -2.39. The van der Waals surface area contributed by atoms with Crippen molar-refractivity contribution in [2.24, 2.45) is 11.8 Å². The van der Waals surface area contributed by atoms with Crippen molar-refractivity contribution in [3.8, 4) is 17.1 Å². The van der Waals surface area contributed by atoms with Crippen LogP contribution in [-0.4, -0.2) is 20.2 Å². The van der Waals surface area contributed by atoms with Gasteiger partial charge in [-0.2, -0.15) is 4.98 Å². The van der Waals surface area contributed by atoms with E-state index in [2.05, 4.69) is 63.7 Å². The van der Waals surface area contributed by atoms with E-state index in [4.69, 9.17) is 9.26 Å². The Morgan fingerprint density at radius 1 is 1.00 bits per heavy atom. The van der Waals surface area contributed by atoms with Gasteiger partial charge in [0.1, 0.15) is 18.0 Å². The first-order chi connectivity index (χ1) is 17.4. The minimum absolute atomic E-state index is 0.0104. The lowest BCUT2D eigenvalue weighted by Crippen LogP contribution is -2.34. The fourth-order valence-electron chi connectivity index (χ4n) is 6.20. The molecule has 2 aromatic carbocycles. The first-order valence-corrected chi connectivity index (χ1v) is 12.7. The summed E-state index contributed by atoms with van der Waals surface area (Å²) in [6.07, 6.45) is 6.86. The Balaban J connectivity index is 1.27. The second-order valence-electron chi connectivity index (χ2n) is 10.7. The van der Waals surface area contributed by atoms with Crippen LogP contribution in [-0.2, 0) is 17.6 Å². The summed E-state index contributed by atoms with van der Waals surface area (Å²) in [6.45, 7) is 3.74. The average molecular weight is 482 g/mol. The second kappa shape index (κ2) is 8.86. The molecule has 2 fully saturated rings. The third-order valence-corrected chi connectivity index (χ3v) is 7.94. The molecule has 0 amide bonds. The SMILES string of the molecule is CC(C)(O)c1nc(-c2ccc([C@@]3(c4ccc(OCc5ccccn5)cc4)C[C@@H]4CC[C@H]3C4)cc2)no1. The molecule has 0 spiro atoms. The van der Waals surface area contributed by atoms with Gasteiger partial charge in [-0.1, -0.05) is 54.0 Å². The number of fused-ring (bicyclic) bond motifs is 2. The van der Waals surface area contributed by atoms with Crippen LogP contribution in [0.2, 0.25) is 0 Å². The molecule has 6 nitrogen and oxygen atoms in total. The predicted molar refractivity (Wildman–Crippen MR) is 136 cm³/mol. The highest BCUT2D eigenvalue weighted by Gasteiger charge is 2.52. The molecule has 0 aliphatic heterocycles. The molecule has 2 bridgehead atoms. The number of hydrogen-bond acceptors (Lipinski definition) is 6. The number of aliphatic hydroxyl groups is 1. The first-order valence-electron chi connectivity index (χ1n) is 12.7. The van der Waals surface area contributed by atoms with E-state index < -0.39 is 5.60 Å². The van der Waals surface area contributed by atoms with Crippen LogP contribution < -0.4 is 4.74 Å². The molecule has 2 aromatic heterocycles. The third-order valence-electron chi connectivity index (χ3n) is 7.94. The molecule has 2 heterocycles. The molecule has 2 saturated carbocycles. The van der Waals surface area contributed by atoms with E-state index in [0.717, 1.165) is 22.9 Å². The Labute approximate surface area is 211 Å². The first kappa shape index (κ1) is 22.9. The van der Waals surface area contributed by atoms with Crippen LogP contribution in [0.4, 0.5) is 0 Å². The van der Waals surface area contributed by atoms with Crippen molar-refractivity contribution in [3.05, 3.63) is 95.6 Å². The highest BCUT2D eigenvalue weighted by Crippen LogP contribution is 2.60. The molecular weight excluding hydrogens is 450 g/mol. The largest absolute Gasteiger partial charge is 0.487 e. The minimum Gasteiger partial charge on any atom is -0.487 e. The summed E-state index contributed by atoms with van der Waals surface area (Å²) in [5.74, 6) is 2.99. The molecule has 6 rings (SSSR count). The topological polar surface area (TPSA) is 81.3 Å². The normalized spacial score (nSPS) is 23.2. The Kier molecular flexibility index (Phi) is 5.64. The number of aromatic nitrogens is 3. The molecule has 0 radical (unpaired) electrons. The number of nitrogens with zero attached hydrogens (tertiary/aromatic N) is 3. The van der Waals surface area contributed by atoms with Crippen LogP contribution in [0, 0.1) is 11.8 Å². The standard InChI is InChI=1S/C30H31N3O3/c1-29(2,34)28-32-27(33-36-28)21-7-10-22(11-8-21)30(18-20-6-9-24(30)17-20)23-12-14-26(15-13-23)35-19-25-5-3-4-16-31-25/h3-5,7-8,10-16,20,24,34H,6,9,17-19H2,1-2H3/t20-,24+,30-/m1/s1. The van der Waals surface area contributed by atoms with Crippen molar-refractivity contribution < 1.29 is 14.4 Å². The average Bonchev–Trinajstić information content (AvgIpc) is 3.65. The molecular formula is C30H31N3O3. The second-order valence-corrected chi connectivity index (χ2v) is 10.7. The predicted octanol–water partition coefficient (Wildman–Crippen LogP) is 6.04. The van der Waals surface area contributed by atoms with Gasteiger partial charge in [0, 0.05) is 17.2 Å². The van der Waals surface area contributed by atoms with Gasteiger partial charge in [-0.15, -0.1) is 0 Å². The quantitative estimate of drug-likeness (QED) is 0.346. The van der Waals surface area contributed by atoms with Crippen LogP contribution in [0.15, 0.2) is 77.4 Å². The smallest absolute Gasteiger partial charge is 0.258 e. The van der Waals surface area contributed by atoms with Gasteiger partial charge in [0.25, 0.3) is 5.89 Å². The van der Waals surface area contributed by atoms with Gasteiger partial charge in [-0.3, -0.25) is 4.98 Å². The number of benzene rings is 2. The van der Waals surface area contributed by atoms with Gasteiger partial charge < -0.3 is 14.4 Å². The Hall–Kier alpha value is -3.51. The van der Waals surface area contributed by atoms with E-state index in [9.17, 15) is 5.11 Å². The maximum Gasteiger partial charge on any atom is 0.258 e. The summed E-state index contributed by atoms with van der Waals surface area (Å²) in [7, 11) is 0. The zero-order chi connectivity index (χ0) is 24.8. The van der Waals surface area contributed by atoms with Crippen molar-refractivity contribution in [1.29, 1.82) is 0 Å². The fourth-order valence-corrected chi connectivity index (χ4v) is 6.20. The third kappa shape index (κ3) is 4.09. The van der Waals surface area contributed by atoms with Crippen LogP contribution in [0.3, 0.4) is 0 Å². The summed E-state index contributed by atoms with van der Waals surface area (Å²) in [4.78, 5) is 8.74. The zero-order valence-corrected chi connectivity index (χ0v) is 20.7. The van der Waals surface area contributed by atoms with E-state index in [1.807, 2.05) is 18.2 Å². The molecule has 2 aliphatic rings. The van der Waals surface area contributed by atoms with Gasteiger partial charge in [0.05, 0.1) is 5.69 Å². The number of ether oxygens (including phenoxy) is 1. The summed E-state index contributed by atoms with van der Waals surface area (Å²) < 4.78 is 11.3. The van der Waals surface area contributed by atoms with E-state index in [1.54, 1.807) is 20.0 Å². The highest BCUT2D eigenvalue weighted by molar-refractivity contribution is 5.57. The summed E-state index contributed by atoms with van der Waals surface area (Å²) in [5.41, 5.74) is 3.35. The fraction of sp³-hybridized carbons (Fsp3) is 0.367. The Morgan fingerprint density at radius 2 is 1.75 bits per heavy atom. The summed E-state index contributed by atoms with van der Waals surface area (Å²) in [5, 5.41) is 14.2. The van der Waals surface area contributed by atoms with Gasteiger partial charge >= 0.3 is 0 Å². The highest BCUT2D eigenvalue weighted by atomic mass is 16.5. The minimum atomic E-state index is -1.16. The van der Waals surface area contributed by atoms with Crippen LogP contribution in [0.25, 0.3) is 11.4 Å².